The number of hydrogen-bond acceptors (Lipinski definition) is 2. The molecule has 0 aliphatic heterocycles. The van der Waals surface area contributed by atoms with Crippen LogP contribution in [0.25, 0.3) is 0 Å². The number of aliphatic hydroxyl groups is 1. The van der Waals surface area contributed by atoms with E-state index in [4.69, 9.17) is 23.2 Å². The summed E-state index contributed by atoms with van der Waals surface area (Å²) in [5, 5.41) is 13.4. The molecule has 1 unspecified atom stereocenters. The number of benzene rings is 1. The summed E-state index contributed by atoms with van der Waals surface area (Å²) < 4.78 is 35.7. The Hall–Kier alpha value is -0.490. The third-order valence-electron chi connectivity index (χ3n) is 2.47. The molecule has 0 amide bonds. The molecule has 19 heavy (non-hydrogen) atoms. The van der Waals surface area contributed by atoms with Crippen molar-refractivity contribution in [3.8, 4) is 0 Å². The quantitative estimate of drug-likeness (QED) is 0.779. The highest BCUT2D eigenvalue weighted by atomic mass is 35.5. The number of alkyl halides is 3. The van der Waals surface area contributed by atoms with Gasteiger partial charge in [-0.05, 0) is 31.2 Å². The maximum Gasteiger partial charge on any atom is 0.389 e. The molecule has 0 aliphatic rings. The third kappa shape index (κ3) is 6.47. The van der Waals surface area contributed by atoms with Crippen molar-refractivity contribution in [3.63, 3.8) is 0 Å². The standard InChI is InChI=1S/C12H14Cl2F3NO/c13-8-2-3-10(14)9(6-8)11(19)7-18-5-1-4-12(15,16)17/h2-3,6,11,18-19H,1,4-5,7H2. The summed E-state index contributed by atoms with van der Waals surface area (Å²) in [5.74, 6) is 0. The van der Waals surface area contributed by atoms with Gasteiger partial charge in [0.15, 0.2) is 0 Å². The lowest BCUT2D eigenvalue weighted by Crippen LogP contribution is -2.24. The lowest BCUT2D eigenvalue weighted by atomic mass is 10.1. The fourth-order valence-corrected chi connectivity index (χ4v) is 1.96. The van der Waals surface area contributed by atoms with Crippen molar-refractivity contribution in [1.82, 2.24) is 5.32 Å². The van der Waals surface area contributed by atoms with Crippen LogP contribution in [0.15, 0.2) is 18.2 Å². The molecule has 0 aromatic heterocycles. The van der Waals surface area contributed by atoms with Crippen LogP contribution in [-0.2, 0) is 0 Å². The maximum absolute atomic E-state index is 11.9. The van der Waals surface area contributed by atoms with Crippen LogP contribution in [0.3, 0.4) is 0 Å². The molecule has 1 atom stereocenters. The molecule has 0 fully saturated rings. The molecular weight excluding hydrogens is 302 g/mol. The van der Waals surface area contributed by atoms with Crippen LogP contribution in [0.5, 0.6) is 0 Å². The first kappa shape index (κ1) is 16.6. The SMILES string of the molecule is OC(CNCCCC(F)(F)F)c1cc(Cl)ccc1Cl. The van der Waals surface area contributed by atoms with Crippen molar-refractivity contribution in [2.24, 2.45) is 0 Å². The first-order valence-corrected chi connectivity index (χ1v) is 6.45. The topological polar surface area (TPSA) is 32.3 Å². The predicted octanol–water partition coefficient (Wildman–Crippen LogP) is 3.96. The summed E-state index contributed by atoms with van der Waals surface area (Å²) in [6, 6.07) is 4.69. The van der Waals surface area contributed by atoms with E-state index in [2.05, 4.69) is 5.32 Å². The van der Waals surface area contributed by atoms with Gasteiger partial charge < -0.3 is 10.4 Å². The first-order chi connectivity index (χ1) is 8.79. The fourth-order valence-electron chi connectivity index (χ4n) is 1.53. The Morgan fingerprint density at radius 2 is 1.95 bits per heavy atom. The highest BCUT2D eigenvalue weighted by molar-refractivity contribution is 6.33. The van der Waals surface area contributed by atoms with Gasteiger partial charge in [0.05, 0.1) is 6.10 Å². The molecule has 0 bridgehead atoms. The Kier molecular flexibility index (Phi) is 6.39. The predicted molar refractivity (Wildman–Crippen MR) is 69.6 cm³/mol. The fraction of sp³-hybridized carbons (Fsp3) is 0.500. The van der Waals surface area contributed by atoms with Crippen molar-refractivity contribution in [3.05, 3.63) is 33.8 Å². The van der Waals surface area contributed by atoms with Crippen molar-refractivity contribution in [2.45, 2.75) is 25.1 Å². The third-order valence-corrected chi connectivity index (χ3v) is 3.05. The van der Waals surface area contributed by atoms with Gasteiger partial charge in [-0.15, -0.1) is 0 Å². The average Bonchev–Trinajstić information content (AvgIpc) is 2.30. The van der Waals surface area contributed by atoms with Gasteiger partial charge in [0.25, 0.3) is 0 Å². The van der Waals surface area contributed by atoms with E-state index in [0.717, 1.165) is 0 Å². The number of nitrogens with one attached hydrogen (secondary N) is 1. The molecule has 0 aliphatic carbocycles. The summed E-state index contributed by atoms with van der Waals surface area (Å²) in [6.07, 6.45) is -5.92. The summed E-state index contributed by atoms with van der Waals surface area (Å²) in [4.78, 5) is 0. The molecule has 1 rings (SSSR count). The Balaban J connectivity index is 2.35. The molecule has 2 nitrogen and oxygen atoms in total. The Bertz CT molecular complexity index is 412. The van der Waals surface area contributed by atoms with Gasteiger partial charge in [0, 0.05) is 28.6 Å². The molecule has 0 saturated carbocycles. The van der Waals surface area contributed by atoms with E-state index < -0.39 is 18.7 Å². The zero-order chi connectivity index (χ0) is 14.5. The average molecular weight is 316 g/mol. The van der Waals surface area contributed by atoms with E-state index in [1.807, 2.05) is 0 Å². The van der Waals surface area contributed by atoms with Gasteiger partial charge >= 0.3 is 6.18 Å². The number of hydrogen-bond donors (Lipinski definition) is 2. The molecule has 0 radical (unpaired) electrons. The van der Waals surface area contributed by atoms with E-state index in [1.54, 1.807) is 12.1 Å². The van der Waals surface area contributed by atoms with Crippen LogP contribution in [0.4, 0.5) is 13.2 Å². The van der Waals surface area contributed by atoms with Crippen molar-refractivity contribution in [1.29, 1.82) is 0 Å². The second-order valence-electron chi connectivity index (χ2n) is 4.10. The summed E-state index contributed by atoms with van der Waals surface area (Å²) in [5.41, 5.74) is 0.456. The Morgan fingerprint density at radius 1 is 1.26 bits per heavy atom. The highest BCUT2D eigenvalue weighted by Gasteiger charge is 2.25. The zero-order valence-electron chi connectivity index (χ0n) is 9.97. The second kappa shape index (κ2) is 7.33. The molecule has 1 aromatic rings. The lowest BCUT2D eigenvalue weighted by Gasteiger charge is -2.14. The van der Waals surface area contributed by atoms with E-state index >= 15 is 0 Å². The van der Waals surface area contributed by atoms with E-state index in [9.17, 15) is 18.3 Å². The summed E-state index contributed by atoms with van der Waals surface area (Å²) in [6.45, 7) is 0.298. The maximum atomic E-state index is 11.9. The van der Waals surface area contributed by atoms with Crippen LogP contribution in [-0.4, -0.2) is 24.4 Å². The molecule has 108 valence electrons. The lowest BCUT2D eigenvalue weighted by molar-refractivity contribution is -0.135. The van der Waals surface area contributed by atoms with Crippen LogP contribution in [0.1, 0.15) is 24.5 Å². The van der Waals surface area contributed by atoms with Gasteiger partial charge in [0.2, 0.25) is 0 Å². The normalized spacial score (nSPS) is 13.6. The van der Waals surface area contributed by atoms with Crippen LogP contribution in [0, 0.1) is 0 Å². The van der Waals surface area contributed by atoms with Crippen LogP contribution < -0.4 is 5.32 Å². The molecule has 1 aromatic carbocycles. The van der Waals surface area contributed by atoms with Gasteiger partial charge in [-0.3, -0.25) is 0 Å². The smallest absolute Gasteiger partial charge is 0.387 e. The molecular formula is C12H14Cl2F3NO. The monoisotopic (exact) mass is 315 g/mol. The Morgan fingerprint density at radius 3 is 2.58 bits per heavy atom. The largest absolute Gasteiger partial charge is 0.389 e. The van der Waals surface area contributed by atoms with Crippen molar-refractivity contribution in [2.75, 3.05) is 13.1 Å². The number of halogens is 5. The Labute approximate surface area is 119 Å². The number of rotatable bonds is 6. The summed E-state index contributed by atoms with van der Waals surface area (Å²) >= 11 is 11.7. The highest BCUT2D eigenvalue weighted by Crippen LogP contribution is 2.26. The van der Waals surface area contributed by atoms with Gasteiger partial charge in [-0.2, -0.15) is 13.2 Å². The van der Waals surface area contributed by atoms with Crippen LogP contribution in [0.2, 0.25) is 10.0 Å². The summed E-state index contributed by atoms with van der Waals surface area (Å²) in [7, 11) is 0. The van der Waals surface area contributed by atoms with Crippen molar-refractivity contribution >= 4 is 23.2 Å². The minimum atomic E-state index is -4.14. The van der Waals surface area contributed by atoms with Crippen molar-refractivity contribution < 1.29 is 18.3 Å². The molecule has 0 heterocycles. The molecule has 2 N–H and O–H groups in total. The van der Waals surface area contributed by atoms with E-state index in [1.165, 1.54) is 6.07 Å². The number of aliphatic hydroxyl groups excluding tert-OH is 1. The van der Waals surface area contributed by atoms with E-state index in [-0.39, 0.29) is 19.5 Å². The molecule has 0 spiro atoms. The van der Waals surface area contributed by atoms with E-state index in [0.29, 0.717) is 15.6 Å². The first-order valence-electron chi connectivity index (χ1n) is 5.70. The van der Waals surface area contributed by atoms with Gasteiger partial charge in [-0.25, -0.2) is 0 Å². The van der Waals surface area contributed by atoms with Crippen LogP contribution >= 0.6 is 23.2 Å². The minimum absolute atomic E-state index is 0.0283. The second-order valence-corrected chi connectivity index (χ2v) is 4.95. The van der Waals surface area contributed by atoms with Gasteiger partial charge in [0.1, 0.15) is 0 Å². The minimum Gasteiger partial charge on any atom is -0.387 e. The zero-order valence-corrected chi connectivity index (χ0v) is 11.5. The van der Waals surface area contributed by atoms with Gasteiger partial charge in [-0.1, -0.05) is 23.2 Å². The molecule has 0 saturated heterocycles. The molecule has 7 heteroatoms.